The number of rotatable bonds is 6. The maximum Gasteiger partial charge on any atom is 0.0228 e. The summed E-state index contributed by atoms with van der Waals surface area (Å²) in [4.78, 5) is 0. The molecule has 2 rings (SSSR count). The molecule has 0 atom stereocenters. The van der Waals surface area contributed by atoms with Crippen molar-refractivity contribution in [3.05, 3.63) is 58.9 Å². The minimum Gasteiger partial charge on any atom is -0.352 e. The molecule has 0 aliphatic heterocycles. The molecular weight excluding hydrogens is 256 g/mol. The van der Waals surface area contributed by atoms with Crippen molar-refractivity contribution in [2.75, 3.05) is 0 Å². The molecule has 0 saturated heterocycles. The number of aromatic nitrogens is 1. The molecule has 2 nitrogen and oxygen atoms in total. The molecule has 0 unspecified atom stereocenters. The summed E-state index contributed by atoms with van der Waals surface area (Å²) in [5.41, 5.74) is 5.65. The molecule has 0 bridgehead atoms. The normalized spacial score (nSPS) is 11.9. The molecule has 0 radical (unpaired) electrons. The van der Waals surface area contributed by atoms with Crippen molar-refractivity contribution in [3.63, 3.8) is 0 Å². The van der Waals surface area contributed by atoms with E-state index in [1.165, 1.54) is 22.5 Å². The number of benzene rings is 1. The second kappa shape index (κ2) is 6.48. The van der Waals surface area contributed by atoms with Gasteiger partial charge in [-0.2, -0.15) is 0 Å². The molecule has 114 valence electrons. The van der Waals surface area contributed by atoms with Crippen molar-refractivity contribution in [2.45, 2.75) is 52.6 Å². The molecule has 0 fully saturated rings. The van der Waals surface area contributed by atoms with Gasteiger partial charge in [-0.15, -0.1) is 0 Å². The fraction of sp³-hybridized carbons (Fsp3) is 0.474. The maximum absolute atomic E-state index is 3.71. The Morgan fingerprint density at radius 2 is 1.76 bits per heavy atom. The maximum atomic E-state index is 3.71. The zero-order chi connectivity index (χ0) is 15.5. The Bertz CT molecular complexity index is 579. The minimum absolute atomic E-state index is 0.145. The van der Waals surface area contributed by atoms with Crippen LogP contribution in [0.2, 0.25) is 0 Å². The molecule has 0 amide bonds. The van der Waals surface area contributed by atoms with E-state index >= 15 is 0 Å². The fourth-order valence-electron chi connectivity index (χ4n) is 2.64. The van der Waals surface area contributed by atoms with Gasteiger partial charge >= 0.3 is 0 Å². The van der Waals surface area contributed by atoms with Crippen LogP contribution < -0.4 is 5.32 Å². The predicted octanol–water partition coefficient (Wildman–Crippen LogP) is 4.14. The molecule has 21 heavy (non-hydrogen) atoms. The van der Waals surface area contributed by atoms with Gasteiger partial charge in [0.1, 0.15) is 0 Å². The van der Waals surface area contributed by atoms with E-state index in [0.717, 1.165) is 19.4 Å². The van der Waals surface area contributed by atoms with E-state index in [1.54, 1.807) is 0 Å². The van der Waals surface area contributed by atoms with E-state index in [4.69, 9.17) is 0 Å². The van der Waals surface area contributed by atoms with Crippen molar-refractivity contribution < 1.29 is 0 Å². The highest BCUT2D eigenvalue weighted by Gasteiger charge is 2.17. The molecule has 0 aliphatic carbocycles. The molecule has 2 aromatic rings. The van der Waals surface area contributed by atoms with Crippen molar-refractivity contribution >= 4 is 0 Å². The van der Waals surface area contributed by atoms with Crippen LogP contribution in [0.1, 0.15) is 42.8 Å². The number of hydrogen-bond donors (Lipinski definition) is 1. The van der Waals surface area contributed by atoms with E-state index in [2.05, 4.69) is 81.0 Å². The van der Waals surface area contributed by atoms with Crippen molar-refractivity contribution in [1.29, 1.82) is 0 Å². The molecule has 0 aliphatic rings. The summed E-state index contributed by atoms with van der Waals surface area (Å²) in [5.74, 6) is 0. The standard InChI is InChI=1S/C19H28N2/c1-15-13-18(16(2)21(15)5)14-20-19(3,4)12-11-17-9-7-6-8-10-17/h6-10,13,20H,11-12,14H2,1-5H3. The second-order valence-electron chi connectivity index (χ2n) is 6.68. The van der Waals surface area contributed by atoms with Gasteiger partial charge in [0.15, 0.2) is 0 Å². The average Bonchev–Trinajstić information content (AvgIpc) is 2.72. The van der Waals surface area contributed by atoms with Gasteiger partial charge in [-0.25, -0.2) is 0 Å². The zero-order valence-corrected chi connectivity index (χ0v) is 14.0. The average molecular weight is 284 g/mol. The highest BCUT2D eigenvalue weighted by molar-refractivity contribution is 5.26. The smallest absolute Gasteiger partial charge is 0.0228 e. The topological polar surface area (TPSA) is 17.0 Å². The summed E-state index contributed by atoms with van der Waals surface area (Å²) in [6.45, 7) is 9.88. The lowest BCUT2D eigenvalue weighted by molar-refractivity contribution is 0.360. The van der Waals surface area contributed by atoms with Gasteiger partial charge in [-0.1, -0.05) is 30.3 Å². The third-order valence-electron chi connectivity index (χ3n) is 4.52. The quantitative estimate of drug-likeness (QED) is 0.843. The first-order chi connectivity index (χ1) is 9.89. The van der Waals surface area contributed by atoms with Crippen molar-refractivity contribution in [3.8, 4) is 0 Å². The van der Waals surface area contributed by atoms with E-state index in [1.807, 2.05) is 0 Å². The van der Waals surface area contributed by atoms with E-state index in [9.17, 15) is 0 Å². The first-order valence-electron chi connectivity index (χ1n) is 7.80. The monoisotopic (exact) mass is 284 g/mol. The van der Waals surface area contributed by atoms with Crippen LogP contribution in [0.15, 0.2) is 36.4 Å². The van der Waals surface area contributed by atoms with E-state index in [-0.39, 0.29) is 5.54 Å². The van der Waals surface area contributed by atoms with Gasteiger partial charge in [-0.3, -0.25) is 0 Å². The van der Waals surface area contributed by atoms with Crippen LogP contribution in [-0.4, -0.2) is 10.1 Å². The Balaban J connectivity index is 1.90. The largest absolute Gasteiger partial charge is 0.352 e. The predicted molar refractivity (Wildman–Crippen MR) is 90.6 cm³/mol. The summed E-state index contributed by atoms with van der Waals surface area (Å²) >= 11 is 0. The summed E-state index contributed by atoms with van der Waals surface area (Å²) in [6.07, 6.45) is 2.26. The molecule has 1 N–H and O–H groups in total. The molecule has 1 aromatic carbocycles. The number of nitrogens with zero attached hydrogens (tertiary/aromatic N) is 1. The lowest BCUT2D eigenvalue weighted by Crippen LogP contribution is -2.39. The Morgan fingerprint density at radius 1 is 1.10 bits per heavy atom. The van der Waals surface area contributed by atoms with Gasteiger partial charge in [0, 0.05) is 30.5 Å². The van der Waals surface area contributed by atoms with Gasteiger partial charge < -0.3 is 9.88 Å². The lowest BCUT2D eigenvalue weighted by atomic mass is 9.95. The van der Waals surface area contributed by atoms with Crippen LogP contribution in [0.25, 0.3) is 0 Å². The second-order valence-corrected chi connectivity index (χ2v) is 6.68. The van der Waals surface area contributed by atoms with Gasteiger partial charge in [0.2, 0.25) is 0 Å². The first-order valence-corrected chi connectivity index (χ1v) is 7.80. The molecule has 2 heteroatoms. The van der Waals surface area contributed by atoms with Crippen LogP contribution in [0.3, 0.4) is 0 Å². The summed E-state index contributed by atoms with van der Waals surface area (Å²) in [5, 5.41) is 3.71. The molecular formula is C19H28N2. The Kier molecular flexibility index (Phi) is 4.89. The van der Waals surface area contributed by atoms with Crippen LogP contribution in [0.4, 0.5) is 0 Å². The van der Waals surface area contributed by atoms with Crippen molar-refractivity contribution in [2.24, 2.45) is 7.05 Å². The molecule has 0 spiro atoms. The number of hydrogen-bond acceptors (Lipinski definition) is 1. The minimum atomic E-state index is 0.145. The van der Waals surface area contributed by atoms with E-state index in [0.29, 0.717) is 0 Å². The summed E-state index contributed by atoms with van der Waals surface area (Å²) < 4.78 is 2.26. The van der Waals surface area contributed by atoms with E-state index < -0.39 is 0 Å². The number of nitrogens with one attached hydrogen (secondary N) is 1. The fourth-order valence-corrected chi connectivity index (χ4v) is 2.64. The summed E-state index contributed by atoms with van der Waals surface area (Å²) in [7, 11) is 2.13. The highest BCUT2D eigenvalue weighted by atomic mass is 15.0. The van der Waals surface area contributed by atoms with Gasteiger partial charge in [-0.05, 0) is 57.7 Å². The molecule has 1 aromatic heterocycles. The van der Waals surface area contributed by atoms with Crippen LogP contribution in [-0.2, 0) is 20.0 Å². The Morgan fingerprint density at radius 3 is 2.33 bits per heavy atom. The first kappa shape index (κ1) is 15.8. The van der Waals surface area contributed by atoms with Crippen molar-refractivity contribution in [1.82, 2.24) is 9.88 Å². The Labute approximate surface area is 129 Å². The lowest BCUT2D eigenvalue weighted by Gasteiger charge is -2.26. The zero-order valence-electron chi connectivity index (χ0n) is 14.0. The molecule has 0 saturated carbocycles. The SMILES string of the molecule is Cc1cc(CNC(C)(C)CCc2ccccc2)c(C)n1C. The molecule has 1 heterocycles. The van der Waals surface area contributed by atoms with Gasteiger partial charge in [0.05, 0.1) is 0 Å². The number of aryl methyl sites for hydroxylation is 2. The van der Waals surface area contributed by atoms with Gasteiger partial charge in [0.25, 0.3) is 0 Å². The third kappa shape index (κ3) is 4.21. The Hall–Kier alpha value is -1.54. The van der Waals surface area contributed by atoms with Crippen LogP contribution in [0, 0.1) is 13.8 Å². The highest BCUT2D eigenvalue weighted by Crippen LogP contribution is 2.17. The van der Waals surface area contributed by atoms with Crippen LogP contribution in [0.5, 0.6) is 0 Å². The van der Waals surface area contributed by atoms with Crippen LogP contribution >= 0.6 is 0 Å². The summed E-state index contributed by atoms with van der Waals surface area (Å²) in [6, 6.07) is 13.0. The third-order valence-corrected chi connectivity index (χ3v) is 4.52.